The molecule has 0 spiro atoms. The van der Waals surface area contributed by atoms with Crippen LogP contribution in [-0.2, 0) is 4.79 Å². The summed E-state index contributed by atoms with van der Waals surface area (Å²) in [7, 11) is 0. The molecule has 0 bridgehead atoms. The fraction of sp³-hybridized carbons (Fsp3) is 0.182. The molecule has 1 aromatic carbocycles. The van der Waals surface area contributed by atoms with Crippen molar-refractivity contribution in [3.05, 3.63) is 24.3 Å². The SMILES string of the molecule is CSc1ccc(-c2nnc(NC(=O)CCl)s2)cc1. The van der Waals surface area contributed by atoms with Gasteiger partial charge in [0, 0.05) is 10.5 Å². The summed E-state index contributed by atoms with van der Waals surface area (Å²) in [5.74, 6) is -0.366. The van der Waals surface area contributed by atoms with Gasteiger partial charge >= 0.3 is 0 Å². The average Bonchev–Trinajstić information content (AvgIpc) is 2.87. The highest BCUT2D eigenvalue weighted by atomic mass is 35.5. The highest BCUT2D eigenvalue weighted by molar-refractivity contribution is 7.98. The van der Waals surface area contributed by atoms with E-state index < -0.39 is 0 Å². The number of carbonyl (C=O) groups excluding carboxylic acids is 1. The number of carbonyl (C=O) groups is 1. The average molecular weight is 300 g/mol. The van der Waals surface area contributed by atoms with E-state index in [1.165, 1.54) is 16.2 Å². The lowest BCUT2D eigenvalue weighted by molar-refractivity contribution is -0.113. The molecule has 0 aliphatic carbocycles. The van der Waals surface area contributed by atoms with Crippen molar-refractivity contribution >= 4 is 45.7 Å². The van der Waals surface area contributed by atoms with Gasteiger partial charge in [-0.25, -0.2) is 0 Å². The fourth-order valence-corrected chi connectivity index (χ4v) is 2.52. The van der Waals surface area contributed by atoms with Gasteiger partial charge in [-0.2, -0.15) is 0 Å². The number of anilines is 1. The molecule has 2 rings (SSSR count). The molecule has 1 heterocycles. The van der Waals surface area contributed by atoms with Gasteiger partial charge in [0.05, 0.1) is 0 Å². The summed E-state index contributed by atoms with van der Waals surface area (Å²) in [6, 6.07) is 8.02. The molecular formula is C11H10ClN3OS2. The Morgan fingerprint density at radius 2 is 2.11 bits per heavy atom. The van der Waals surface area contributed by atoms with E-state index in [2.05, 4.69) is 15.5 Å². The number of hydrogen-bond donors (Lipinski definition) is 1. The Kier molecular flexibility index (Phi) is 4.57. The van der Waals surface area contributed by atoms with E-state index in [0.717, 1.165) is 10.6 Å². The smallest absolute Gasteiger partial charge is 0.241 e. The Balaban J connectivity index is 2.15. The van der Waals surface area contributed by atoms with Gasteiger partial charge in [-0.1, -0.05) is 23.5 Å². The Morgan fingerprint density at radius 3 is 2.72 bits per heavy atom. The second-order valence-electron chi connectivity index (χ2n) is 3.32. The summed E-state index contributed by atoms with van der Waals surface area (Å²) in [5.41, 5.74) is 0.983. The zero-order valence-corrected chi connectivity index (χ0v) is 11.9. The molecule has 0 saturated heterocycles. The van der Waals surface area contributed by atoms with Crippen molar-refractivity contribution in [1.82, 2.24) is 10.2 Å². The maximum absolute atomic E-state index is 11.1. The van der Waals surface area contributed by atoms with E-state index in [-0.39, 0.29) is 11.8 Å². The summed E-state index contributed by atoms with van der Waals surface area (Å²) >= 11 is 8.41. The van der Waals surface area contributed by atoms with E-state index in [0.29, 0.717) is 5.13 Å². The predicted molar refractivity (Wildman–Crippen MR) is 76.5 cm³/mol. The van der Waals surface area contributed by atoms with Crippen LogP contribution >= 0.6 is 34.7 Å². The fourth-order valence-electron chi connectivity index (χ4n) is 1.28. The van der Waals surface area contributed by atoms with Crippen LogP contribution in [0.4, 0.5) is 5.13 Å². The Labute approximate surface area is 118 Å². The quantitative estimate of drug-likeness (QED) is 0.696. The van der Waals surface area contributed by atoms with Gasteiger partial charge < -0.3 is 0 Å². The van der Waals surface area contributed by atoms with Crippen LogP contribution in [0.1, 0.15) is 0 Å². The number of nitrogens with zero attached hydrogens (tertiary/aromatic N) is 2. The second kappa shape index (κ2) is 6.17. The van der Waals surface area contributed by atoms with Gasteiger partial charge in [-0.3, -0.25) is 10.1 Å². The molecule has 0 saturated carbocycles. The standard InChI is InChI=1S/C11H10ClN3OS2/c1-17-8-4-2-7(3-5-8)10-14-15-11(18-10)13-9(16)6-12/h2-5H,6H2,1H3,(H,13,15,16). The van der Waals surface area contributed by atoms with Gasteiger partial charge in [0.1, 0.15) is 10.9 Å². The van der Waals surface area contributed by atoms with Crippen LogP contribution in [0.5, 0.6) is 0 Å². The maximum atomic E-state index is 11.1. The summed E-state index contributed by atoms with van der Waals surface area (Å²) in [6.45, 7) is 0. The van der Waals surface area contributed by atoms with Crippen LogP contribution in [-0.4, -0.2) is 28.2 Å². The zero-order valence-electron chi connectivity index (χ0n) is 9.51. The van der Waals surface area contributed by atoms with Crippen molar-refractivity contribution in [2.24, 2.45) is 0 Å². The molecule has 0 atom stereocenters. The minimum Gasteiger partial charge on any atom is -0.299 e. The normalized spacial score (nSPS) is 10.3. The van der Waals surface area contributed by atoms with Crippen LogP contribution in [0, 0.1) is 0 Å². The minimum absolute atomic E-state index is 0.0860. The van der Waals surface area contributed by atoms with Crippen molar-refractivity contribution in [1.29, 1.82) is 0 Å². The van der Waals surface area contributed by atoms with Crippen molar-refractivity contribution in [3.63, 3.8) is 0 Å². The Bertz CT molecular complexity index is 541. The van der Waals surface area contributed by atoms with E-state index in [1.54, 1.807) is 11.8 Å². The molecule has 0 unspecified atom stereocenters. The topological polar surface area (TPSA) is 54.9 Å². The van der Waals surface area contributed by atoms with E-state index in [1.807, 2.05) is 30.5 Å². The molecule has 0 aliphatic rings. The molecule has 18 heavy (non-hydrogen) atoms. The highest BCUT2D eigenvalue weighted by Gasteiger charge is 2.08. The minimum atomic E-state index is -0.280. The number of nitrogens with one attached hydrogen (secondary N) is 1. The van der Waals surface area contributed by atoms with Gasteiger partial charge in [0.2, 0.25) is 11.0 Å². The molecule has 94 valence electrons. The molecule has 1 N–H and O–H groups in total. The van der Waals surface area contributed by atoms with Gasteiger partial charge in [-0.15, -0.1) is 33.6 Å². The van der Waals surface area contributed by atoms with Crippen LogP contribution in [0.3, 0.4) is 0 Å². The number of amides is 1. The summed E-state index contributed by atoms with van der Waals surface area (Å²) < 4.78 is 0. The summed E-state index contributed by atoms with van der Waals surface area (Å²) in [5, 5.41) is 11.7. The van der Waals surface area contributed by atoms with E-state index in [9.17, 15) is 4.79 Å². The highest BCUT2D eigenvalue weighted by Crippen LogP contribution is 2.27. The number of alkyl halides is 1. The Morgan fingerprint density at radius 1 is 1.39 bits per heavy atom. The van der Waals surface area contributed by atoms with Crippen LogP contribution in [0.2, 0.25) is 0 Å². The molecule has 7 heteroatoms. The number of halogens is 1. The number of hydrogen-bond acceptors (Lipinski definition) is 5. The second-order valence-corrected chi connectivity index (χ2v) is 5.45. The molecule has 1 amide bonds. The third kappa shape index (κ3) is 3.22. The third-order valence-electron chi connectivity index (χ3n) is 2.13. The number of thioether (sulfide) groups is 1. The van der Waals surface area contributed by atoms with Crippen LogP contribution in [0.25, 0.3) is 10.6 Å². The molecule has 0 fully saturated rings. The predicted octanol–water partition coefficient (Wildman–Crippen LogP) is 3.10. The summed E-state index contributed by atoms with van der Waals surface area (Å²) in [4.78, 5) is 12.3. The van der Waals surface area contributed by atoms with Crippen LogP contribution < -0.4 is 5.32 Å². The van der Waals surface area contributed by atoms with Crippen molar-refractivity contribution in [3.8, 4) is 10.6 Å². The van der Waals surface area contributed by atoms with Gasteiger partial charge in [-0.05, 0) is 18.4 Å². The van der Waals surface area contributed by atoms with Crippen molar-refractivity contribution < 1.29 is 4.79 Å². The first kappa shape index (κ1) is 13.3. The maximum Gasteiger partial charge on any atom is 0.241 e. The molecule has 1 aromatic heterocycles. The first-order chi connectivity index (χ1) is 8.72. The zero-order chi connectivity index (χ0) is 13.0. The van der Waals surface area contributed by atoms with Gasteiger partial charge in [0.15, 0.2) is 0 Å². The van der Waals surface area contributed by atoms with Crippen molar-refractivity contribution in [2.45, 2.75) is 4.90 Å². The molecule has 2 aromatic rings. The lowest BCUT2D eigenvalue weighted by Crippen LogP contribution is -2.12. The number of rotatable bonds is 4. The number of benzene rings is 1. The third-order valence-corrected chi connectivity index (χ3v) is 4.00. The first-order valence-electron chi connectivity index (χ1n) is 5.06. The number of aromatic nitrogens is 2. The van der Waals surface area contributed by atoms with Crippen LogP contribution in [0.15, 0.2) is 29.2 Å². The largest absolute Gasteiger partial charge is 0.299 e. The monoisotopic (exact) mass is 299 g/mol. The molecule has 0 aliphatic heterocycles. The van der Waals surface area contributed by atoms with E-state index >= 15 is 0 Å². The first-order valence-corrected chi connectivity index (χ1v) is 7.64. The Hall–Kier alpha value is -1.11. The summed E-state index contributed by atoms with van der Waals surface area (Å²) in [6.07, 6.45) is 2.03. The lowest BCUT2D eigenvalue weighted by Gasteiger charge is -1.97. The lowest BCUT2D eigenvalue weighted by atomic mass is 10.2. The molecular weight excluding hydrogens is 290 g/mol. The van der Waals surface area contributed by atoms with Crippen molar-refractivity contribution in [2.75, 3.05) is 17.5 Å². The van der Waals surface area contributed by atoms with Gasteiger partial charge in [0.25, 0.3) is 0 Å². The molecule has 0 radical (unpaired) electrons. The van der Waals surface area contributed by atoms with E-state index in [4.69, 9.17) is 11.6 Å². The molecule has 4 nitrogen and oxygen atoms in total.